The smallest absolute Gasteiger partial charge is 0.258 e. The van der Waals surface area contributed by atoms with Gasteiger partial charge in [0.2, 0.25) is 6.39 Å². The molecule has 0 N–H and O–H groups in total. The monoisotopic (exact) mass is 160 g/mol. The first-order chi connectivity index (χ1) is 4.67. The zero-order valence-corrected chi connectivity index (χ0v) is 7.31. The van der Waals surface area contributed by atoms with Crippen LogP contribution in [0.5, 0.6) is 0 Å². The highest BCUT2D eigenvalue weighted by molar-refractivity contribution is 8.32. The van der Waals surface area contributed by atoms with Gasteiger partial charge in [-0.3, -0.25) is 0 Å². The Morgan fingerprint density at radius 1 is 1.60 bits per heavy atom. The molecule has 1 aromatic heterocycles. The molecule has 0 aliphatic carbocycles. The van der Waals surface area contributed by atoms with E-state index in [4.69, 9.17) is 4.42 Å². The van der Waals surface area contributed by atoms with E-state index in [1.807, 2.05) is 0 Å². The van der Waals surface area contributed by atoms with Crippen molar-refractivity contribution in [2.45, 2.75) is 12.1 Å². The Balaban J connectivity index is 2.85. The summed E-state index contributed by atoms with van der Waals surface area (Å²) in [6.07, 6.45) is 5.72. The van der Waals surface area contributed by atoms with Crippen molar-refractivity contribution in [1.82, 2.24) is 10.2 Å². The highest BCUT2D eigenvalue weighted by Gasteiger charge is 2.16. The summed E-state index contributed by atoms with van der Waals surface area (Å²) in [7, 11) is -0.795. The lowest BCUT2D eigenvalue weighted by Gasteiger charge is -2.23. The molecule has 0 bridgehead atoms. The van der Waals surface area contributed by atoms with Gasteiger partial charge in [0.25, 0.3) is 5.22 Å². The van der Waals surface area contributed by atoms with E-state index in [9.17, 15) is 0 Å². The zero-order valence-electron chi connectivity index (χ0n) is 6.50. The van der Waals surface area contributed by atoms with Gasteiger partial charge in [0.15, 0.2) is 0 Å². The van der Waals surface area contributed by atoms with Gasteiger partial charge in [0.05, 0.1) is 0 Å². The maximum Gasteiger partial charge on any atom is 0.258 e. The van der Waals surface area contributed by atoms with Crippen molar-refractivity contribution in [1.29, 1.82) is 0 Å². The summed E-state index contributed by atoms with van der Waals surface area (Å²) < 4.78 is 5.10. The Morgan fingerprint density at radius 2 is 2.30 bits per heavy atom. The van der Waals surface area contributed by atoms with E-state index in [0.717, 1.165) is 11.0 Å². The Hall–Kier alpha value is -0.510. The van der Waals surface area contributed by atoms with Gasteiger partial charge < -0.3 is 4.42 Å². The zero-order chi connectivity index (χ0) is 7.61. The molecule has 10 heavy (non-hydrogen) atoms. The largest absolute Gasteiger partial charge is 0.420 e. The highest BCUT2D eigenvalue weighted by Crippen LogP contribution is 2.46. The molecular weight excluding hydrogens is 148 g/mol. The third-order valence-corrected chi connectivity index (χ3v) is 4.10. The third-order valence-electron chi connectivity index (χ3n) is 1.53. The molecule has 1 heterocycles. The van der Waals surface area contributed by atoms with Crippen molar-refractivity contribution in [3.8, 4) is 0 Å². The van der Waals surface area contributed by atoms with E-state index >= 15 is 0 Å². The molecule has 0 fully saturated rings. The van der Waals surface area contributed by atoms with Crippen molar-refractivity contribution in [3.05, 3.63) is 6.39 Å². The fourth-order valence-corrected chi connectivity index (χ4v) is 1.35. The standard InChI is InChI=1S/C6H12N2OS/c1-4-10(2,3)6-8-7-5-9-6/h5H,4H2,1-3H3. The van der Waals surface area contributed by atoms with Crippen LogP contribution in [0.3, 0.4) is 0 Å². The molecule has 0 unspecified atom stereocenters. The summed E-state index contributed by atoms with van der Waals surface area (Å²) in [6, 6.07) is 0. The van der Waals surface area contributed by atoms with Gasteiger partial charge >= 0.3 is 0 Å². The molecule has 0 amide bonds. The first-order valence-corrected chi connectivity index (χ1v) is 5.76. The van der Waals surface area contributed by atoms with Gasteiger partial charge in [-0.25, -0.2) is 0 Å². The second-order valence-electron chi connectivity index (χ2n) is 2.53. The topological polar surface area (TPSA) is 38.9 Å². The number of rotatable bonds is 2. The Bertz CT molecular complexity index is 196. The SMILES string of the molecule is CCS(C)(C)c1nnco1. The van der Waals surface area contributed by atoms with Gasteiger partial charge in [-0.1, -0.05) is 6.92 Å². The van der Waals surface area contributed by atoms with Crippen LogP contribution in [0.2, 0.25) is 0 Å². The second-order valence-corrected chi connectivity index (χ2v) is 6.53. The molecule has 58 valence electrons. The van der Waals surface area contributed by atoms with Gasteiger partial charge in [-0.05, 0) is 18.3 Å². The van der Waals surface area contributed by atoms with E-state index in [-0.39, 0.29) is 0 Å². The van der Waals surface area contributed by atoms with Crippen molar-refractivity contribution >= 4 is 10.0 Å². The lowest BCUT2D eigenvalue weighted by molar-refractivity contribution is 0.449. The third kappa shape index (κ3) is 1.31. The van der Waals surface area contributed by atoms with Crippen molar-refractivity contribution in [2.75, 3.05) is 18.3 Å². The van der Waals surface area contributed by atoms with Crippen LogP contribution in [0.15, 0.2) is 16.0 Å². The van der Waals surface area contributed by atoms with Crippen LogP contribution in [-0.2, 0) is 0 Å². The Labute approximate surface area is 62.2 Å². The summed E-state index contributed by atoms with van der Waals surface area (Å²) >= 11 is 0. The molecule has 0 spiro atoms. The minimum absolute atomic E-state index is 0.795. The quantitative estimate of drug-likeness (QED) is 0.658. The lowest BCUT2D eigenvalue weighted by Crippen LogP contribution is -1.98. The van der Waals surface area contributed by atoms with Gasteiger partial charge in [-0.15, -0.1) is 10.2 Å². The highest BCUT2D eigenvalue weighted by atomic mass is 32.3. The summed E-state index contributed by atoms with van der Waals surface area (Å²) in [4.78, 5) is 0. The van der Waals surface area contributed by atoms with Gasteiger partial charge in [-0.2, -0.15) is 10.0 Å². The van der Waals surface area contributed by atoms with Gasteiger partial charge in [0.1, 0.15) is 0 Å². The van der Waals surface area contributed by atoms with E-state index in [0.29, 0.717) is 0 Å². The van der Waals surface area contributed by atoms with Crippen LogP contribution in [0.25, 0.3) is 0 Å². The summed E-state index contributed by atoms with van der Waals surface area (Å²) in [5.74, 6) is 1.09. The molecule has 0 aliphatic rings. The normalized spacial score (nSPS) is 13.5. The van der Waals surface area contributed by atoms with E-state index in [1.54, 1.807) is 0 Å². The minimum Gasteiger partial charge on any atom is -0.420 e. The van der Waals surface area contributed by atoms with Crippen LogP contribution < -0.4 is 0 Å². The molecular formula is C6H12N2OS. The molecule has 0 saturated heterocycles. The van der Waals surface area contributed by atoms with Crippen molar-refractivity contribution in [3.63, 3.8) is 0 Å². The van der Waals surface area contributed by atoms with E-state index < -0.39 is 10.0 Å². The van der Waals surface area contributed by atoms with Gasteiger partial charge in [0, 0.05) is 0 Å². The van der Waals surface area contributed by atoms with Crippen LogP contribution in [0.4, 0.5) is 0 Å². The molecule has 4 heteroatoms. The Kier molecular flexibility index (Phi) is 1.99. The van der Waals surface area contributed by atoms with E-state index in [2.05, 4.69) is 29.6 Å². The number of hydrogen-bond acceptors (Lipinski definition) is 3. The fourth-order valence-electron chi connectivity index (χ4n) is 0.527. The summed E-state index contributed by atoms with van der Waals surface area (Å²) in [5.41, 5.74) is 0. The maximum absolute atomic E-state index is 5.10. The molecule has 0 aromatic carbocycles. The molecule has 1 rings (SSSR count). The second kappa shape index (κ2) is 2.62. The molecule has 0 saturated carbocycles. The van der Waals surface area contributed by atoms with Crippen LogP contribution in [0, 0.1) is 0 Å². The number of nitrogens with zero attached hydrogens (tertiary/aromatic N) is 2. The number of aromatic nitrogens is 2. The molecule has 0 atom stereocenters. The minimum atomic E-state index is -0.795. The van der Waals surface area contributed by atoms with E-state index in [1.165, 1.54) is 6.39 Å². The molecule has 0 radical (unpaired) electrons. The fraction of sp³-hybridized carbons (Fsp3) is 0.667. The molecule has 3 nitrogen and oxygen atoms in total. The lowest BCUT2D eigenvalue weighted by atomic mass is 11.0. The Morgan fingerprint density at radius 3 is 2.70 bits per heavy atom. The first kappa shape index (κ1) is 7.60. The average molecular weight is 160 g/mol. The molecule has 1 aromatic rings. The number of hydrogen-bond donors (Lipinski definition) is 0. The first-order valence-electron chi connectivity index (χ1n) is 3.14. The maximum atomic E-state index is 5.10. The van der Waals surface area contributed by atoms with Crippen molar-refractivity contribution in [2.24, 2.45) is 0 Å². The summed E-state index contributed by atoms with van der Waals surface area (Å²) in [5, 5.41) is 8.32. The van der Waals surface area contributed by atoms with Crippen molar-refractivity contribution < 1.29 is 4.42 Å². The molecule has 0 aliphatic heterocycles. The van der Waals surface area contributed by atoms with Crippen LogP contribution in [0.1, 0.15) is 6.92 Å². The summed E-state index contributed by atoms with van der Waals surface area (Å²) in [6.45, 7) is 2.14. The average Bonchev–Trinajstić information content (AvgIpc) is 2.38. The predicted molar refractivity (Wildman–Crippen MR) is 42.5 cm³/mol. The predicted octanol–water partition coefficient (Wildman–Crippen LogP) is 1.51. The van der Waals surface area contributed by atoms with Crippen LogP contribution in [-0.4, -0.2) is 28.5 Å². The van der Waals surface area contributed by atoms with Crippen LogP contribution >= 0.6 is 10.0 Å².